The molecule has 34 heavy (non-hydrogen) atoms. The van der Waals surface area contributed by atoms with Gasteiger partial charge in [-0.3, -0.25) is 19.2 Å². The summed E-state index contributed by atoms with van der Waals surface area (Å²) in [6.07, 6.45) is 0.897. The van der Waals surface area contributed by atoms with Crippen molar-refractivity contribution in [3.05, 3.63) is 69.7 Å². The van der Waals surface area contributed by atoms with Gasteiger partial charge in [0.15, 0.2) is 5.78 Å². The van der Waals surface area contributed by atoms with Crippen LogP contribution in [0.1, 0.15) is 40.5 Å². The van der Waals surface area contributed by atoms with E-state index in [0.717, 1.165) is 10.0 Å². The Hall–Kier alpha value is -1.74. The summed E-state index contributed by atoms with van der Waals surface area (Å²) in [5.74, 6) is -3.15. The second-order valence-electron chi connectivity index (χ2n) is 8.41. The Labute approximate surface area is 223 Å². The molecule has 4 rings (SSSR count). The number of carbonyl (C=O) groups is 4. The number of halogens is 4. The van der Waals surface area contributed by atoms with Gasteiger partial charge in [-0.15, -0.1) is 0 Å². The second-order valence-corrected chi connectivity index (χ2v) is 11.6. The van der Waals surface area contributed by atoms with E-state index in [1.165, 1.54) is 31.2 Å². The van der Waals surface area contributed by atoms with Crippen LogP contribution in [-0.2, 0) is 9.59 Å². The molecule has 0 bridgehead atoms. The van der Waals surface area contributed by atoms with Crippen LogP contribution in [0.2, 0.25) is 10.0 Å². The van der Waals surface area contributed by atoms with E-state index in [-0.39, 0.29) is 15.2 Å². The SMILES string of the molecule is C[C@H](C(=O)c1ccc(Cl)cc1)N(C(=O)c1ccc(Cl)cc1)N1C(=O)[C@@H]2C[C@H](Br)[C@@H](Br)C[C@H]2C1=O. The van der Waals surface area contributed by atoms with E-state index in [1.54, 1.807) is 24.3 Å². The van der Waals surface area contributed by atoms with E-state index in [9.17, 15) is 19.2 Å². The van der Waals surface area contributed by atoms with Crippen LogP contribution >= 0.6 is 55.1 Å². The van der Waals surface area contributed by atoms with E-state index in [2.05, 4.69) is 31.9 Å². The Kier molecular flexibility index (Phi) is 7.53. The molecule has 0 N–H and O–H groups in total. The van der Waals surface area contributed by atoms with Crippen LogP contribution in [0.15, 0.2) is 48.5 Å². The molecule has 6 nitrogen and oxygen atoms in total. The standard InChI is InChI=1S/C24H20Br2Cl2N2O4/c1-12(21(31)13-2-6-15(27)7-3-13)29(22(32)14-4-8-16(28)9-5-14)30-23(33)17-10-19(25)20(26)11-18(17)24(30)34/h2-9,12,17-20H,10-11H2,1H3/t12-,17-,18-,19+,20+/m1/s1. The Morgan fingerprint density at radius 1 is 0.853 bits per heavy atom. The highest BCUT2D eigenvalue weighted by molar-refractivity contribution is 9.12. The van der Waals surface area contributed by atoms with Gasteiger partial charge < -0.3 is 0 Å². The fourth-order valence-electron chi connectivity index (χ4n) is 4.42. The zero-order valence-corrected chi connectivity index (χ0v) is 22.6. The number of rotatable bonds is 5. The third-order valence-corrected chi connectivity index (χ3v) is 9.52. The Morgan fingerprint density at radius 2 is 1.26 bits per heavy atom. The topological polar surface area (TPSA) is 74.8 Å². The van der Waals surface area contributed by atoms with Gasteiger partial charge in [-0.25, -0.2) is 5.01 Å². The lowest BCUT2D eigenvalue weighted by Crippen LogP contribution is -2.56. The fraction of sp³-hybridized carbons (Fsp3) is 0.333. The maximum atomic E-state index is 13.6. The summed E-state index contributed by atoms with van der Waals surface area (Å²) < 4.78 is 0. The summed E-state index contributed by atoms with van der Waals surface area (Å²) in [5, 5.41) is 2.77. The molecule has 0 spiro atoms. The number of ketones is 1. The van der Waals surface area contributed by atoms with E-state index in [4.69, 9.17) is 23.2 Å². The molecular weight excluding hydrogens is 611 g/mol. The molecule has 2 aliphatic rings. The number of hydrogen-bond donors (Lipinski definition) is 0. The van der Waals surface area contributed by atoms with Crippen LogP contribution in [0.3, 0.4) is 0 Å². The molecule has 1 aliphatic carbocycles. The fourth-order valence-corrected chi connectivity index (χ4v) is 5.91. The minimum absolute atomic E-state index is 0.0130. The van der Waals surface area contributed by atoms with Crippen molar-refractivity contribution in [1.29, 1.82) is 0 Å². The molecular formula is C24H20Br2Cl2N2O4. The number of imide groups is 1. The van der Waals surface area contributed by atoms with Gasteiger partial charge in [-0.1, -0.05) is 55.1 Å². The van der Waals surface area contributed by atoms with Crippen LogP contribution in [0.5, 0.6) is 0 Å². The number of Topliss-reactive ketones (excluding diaryl/α,β-unsaturated/α-hetero) is 1. The van der Waals surface area contributed by atoms with Crippen LogP contribution in [-0.4, -0.2) is 49.2 Å². The first-order valence-corrected chi connectivity index (χ1v) is 13.2. The molecule has 0 radical (unpaired) electrons. The molecule has 1 aliphatic heterocycles. The zero-order chi connectivity index (χ0) is 24.7. The van der Waals surface area contributed by atoms with Crippen LogP contribution in [0.25, 0.3) is 0 Å². The number of benzene rings is 2. The van der Waals surface area contributed by atoms with Gasteiger partial charge in [-0.05, 0) is 68.3 Å². The monoisotopic (exact) mass is 628 g/mol. The van der Waals surface area contributed by atoms with Crippen molar-refractivity contribution in [3.8, 4) is 0 Å². The minimum Gasteiger partial charge on any atom is -0.292 e. The van der Waals surface area contributed by atoms with Crippen molar-refractivity contribution < 1.29 is 19.2 Å². The Morgan fingerprint density at radius 3 is 1.71 bits per heavy atom. The van der Waals surface area contributed by atoms with E-state index >= 15 is 0 Å². The third-order valence-electron chi connectivity index (χ3n) is 6.28. The van der Waals surface area contributed by atoms with E-state index in [1.807, 2.05) is 0 Å². The molecule has 2 fully saturated rings. The Balaban J connectivity index is 1.74. The number of fused-ring (bicyclic) bond motifs is 1. The maximum Gasteiger partial charge on any atom is 0.273 e. The first-order chi connectivity index (χ1) is 16.1. The molecule has 2 aromatic carbocycles. The maximum absolute atomic E-state index is 13.6. The predicted octanol–water partition coefficient (Wildman–Crippen LogP) is 5.54. The normalized spacial score (nSPS) is 25.1. The summed E-state index contributed by atoms with van der Waals surface area (Å²) in [7, 11) is 0. The molecule has 1 saturated carbocycles. The van der Waals surface area contributed by atoms with Crippen LogP contribution < -0.4 is 0 Å². The highest BCUT2D eigenvalue weighted by Crippen LogP contribution is 2.44. The number of hydrazine groups is 1. The lowest BCUT2D eigenvalue weighted by molar-refractivity contribution is -0.156. The first kappa shape index (κ1) is 25.4. The molecule has 178 valence electrons. The minimum atomic E-state index is -1.13. The van der Waals surface area contributed by atoms with Crippen molar-refractivity contribution in [2.45, 2.75) is 35.5 Å². The number of alkyl halides is 2. The lowest BCUT2D eigenvalue weighted by Gasteiger charge is -2.34. The van der Waals surface area contributed by atoms with Crippen molar-refractivity contribution >= 4 is 78.6 Å². The number of carbonyl (C=O) groups excluding carboxylic acids is 4. The van der Waals surface area contributed by atoms with Crippen molar-refractivity contribution in [1.82, 2.24) is 10.0 Å². The molecule has 1 saturated heterocycles. The quantitative estimate of drug-likeness (QED) is 0.247. The van der Waals surface area contributed by atoms with Crippen LogP contribution in [0, 0.1) is 11.8 Å². The molecule has 0 unspecified atom stereocenters. The highest BCUT2D eigenvalue weighted by Gasteiger charge is 2.55. The van der Waals surface area contributed by atoms with E-state index in [0.29, 0.717) is 28.5 Å². The zero-order valence-electron chi connectivity index (χ0n) is 18.0. The molecule has 0 aromatic heterocycles. The van der Waals surface area contributed by atoms with Gasteiger partial charge in [0.05, 0.1) is 11.8 Å². The van der Waals surface area contributed by atoms with Gasteiger partial charge in [0.25, 0.3) is 17.7 Å². The lowest BCUT2D eigenvalue weighted by atomic mass is 9.81. The van der Waals surface area contributed by atoms with Crippen LogP contribution in [0.4, 0.5) is 0 Å². The summed E-state index contributed by atoms with van der Waals surface area (Å²) in [6, 6.07) is 11.2. The van der Waals surface area contributed by atoms with Gasteiger partial charge in [0.1, 0.15) is 6.04 Å². The van der Waals surface area contributed by atoms with Crippen molar-refractivity contribution in [2.75, 3.05) is 0 Å². The van der Waals surface area contributed by atoms with Gasteiger partial charge in [0, 0.05) is 30.8 Å². The average molecular weight is 631 g/mol. The molecule has 2 aromatic rings. The van der Waals surface area contributed by atoms with Gasteiger partial charge >= 0.3 is 0 Å². The molecule has 10 heteroatoms. The highest BCUT2D eigenvalue weighted by atomic mass is 79.9. The van der Waals surface area contributed by atoms with E-state index < -0.39 is 41.4 Å². The largest absolute Gasteiger partial charge is 0.292 e. The van der Waals surface area contributed by atoms with Gasteiger partial charge in [-0.2, -0.15) is 5.01 Å². The Bertz CT molecular complexity index is 1110. The van der Waals surface area contributed by atoms with Crippen molar-refractivity contribution in [3.63, 3.8) is 0 Å². The number of hydrogen-bond acceptors (Lipinski definition) is 4. The second kappa shape index (κ2) is 10.1. The summed E-state index contributed by atoms with van der Waals surface area (Å²) in [4.78, 5) is 54.0. The third kappa shape index (κ3) is 4.70. The molecule has 3 amide bonds. The smallest absolute Gasteiger partial charge is 0.273 e. The first-order valence-electron chi connectivity index (χ1n) is 10.6. The predicted molar refractivity (Wildman–Crippen MR) is 136 cm³/mol. The average Bonchev–Trinajstić information content (AvgIpc) is 3.04. The summed E-state index contributed by atoms with van der Waals surface area (Å²) >= 11 is 19.1. The summed E-state index contributed by atoms with van der Waals surface area (Å²) in [5.41, 5.74) is 0.510. The summed E-state index contributed by atoms with van der Waals surface area (Å²) in [6.45, 7) is 1.51. The molecule has 1 heterocycles. The molecule has 5 atom stereocenters. The van der Waals surface area contributed by atoms with Gasteiger partial charge in [0.2, 0.25) is 0 Å². The number of amides is 3. The number of nitrogens with zero attached hydrogens (tertiary/aromatic N) is 2. The van der Waals surface area contributed by atoms with Crippen molar-refractivity contribution in [2.24, 2.45) is 11.8 Å².